The fraction of sp³-hybridized carbons (Fsp3) is 0.0714. The van der Waals surface area contributed by atoms with Gasteiger partial charge in [0.1, 0.15) is 17.2 Å². The van der Waals surface area contributed by atoms with Crippen molar-refractivity contribution in [3.05, 3.63) is 58.1 Å². The van der Waals surface area contributed by atoms with Gasteiger partial charge in [0.05, 0.1) is 17.6 Å². The van der Waals surface area contributed by atoms with E-state index in [0.29, 0.717) is 17.8 Å². The minimum atomic E-state index is -0.567. The van der Waals surface area contributed by atoms with E-state index in [1.54, 1.807) is 24.3 Å². The lowest BCUT2D eigenvalue weighted by atomic mass is 10.2. The molecule has 0 bridgehead atoms. The lowest BCUT2D eigenvalue weighted by molar-refractivity contribution is -0.384. The van der Waals surface area contributed by atoms with Crippen molar-refractivity contribution < 1.29 is 19.2 Å². The number of nitrogens with zero attached hydrogens (tertiary/aromatic N) is 1. The summed E-state index contributed by atoms with van der Waals surface area (Å²) >= 11 is 0. The third-order valence-corrected chi connectivity index (χ3v) is 2.60. The van der Waals surface area contributed by atoms with Crippen LogP contribution in [0.15, 0.2) is 42.5 Å². The molecule has 0 atom stereocenters. The van der Waals surface area contributed by atoms with Gasteiger partial charge in [0, 0.05) is 18.2 Å². The van der Waals surface area contributed by atoms with Gasteiger partial charge in [-0.3, -0.25) is 14.9 Å². The van der Waals surface area contributed by atoms with Crippen molar-refractivity contribution in [1.82, 2.24) is 0 Å². The first-order chi connectivity index (χ1) is 9.63. The third kappa shape index (κ3) is 2.92. The second-order valence-corrected chi connectivity index (χ2v) is 3.88. The molecule has 0 heterocycles. The fourth-order valence-corrected chi connectivity index (χ4v) is 1.63. The summed E-state index contributed by atoms with van der Waals surface area (Å²) in [5.74, 6) is 1.33. The number of hydrogen-bond acceptors (Lipinski definition) is 5. The zero-order chi connectivity index (χ0) is 14.5. The van der Waals surface area contributed by atoms with E-state index in [0.717, 1.165) is 0 Å². The van der Waals surface area contributed by atoms with E-state index in [2.05, 4.69) is 0 Å². The van der Waals surface area contributed by atoms with Gasteiger partial charge in [-0.05, 0) is 18.2 Å². The van der Waals surface area contributed by atoms with Gasteiger partial charge in [0.2, 0.25) is 0 Å². The standard InChI is InChI=1S/C14H11NO5/c1-19-12-3-2-4-13(8-12)20-14-6-5-11(15(17)18)7-10(14)9-16/h2-9H,1H3. The molecule has 2 rings (SSSR count). The molecular formula is C14H11NO5. The maximum absolute atomic E-state index is 11.0. The largest absolute Gasteiger partial charge is 0.497 e. The van der Waals surface area contributed by atoms with Crippen molar-refractivity contribution >= 4 is 12.0 Å². The minimum Gasteiger partial charge on any atom is -0.497 e. The number of ether oxygens (including phenoxy) is 2. The van der Waals surface area contributed by atoms with Crippen LogP contribution in [0.25, 0.3) is 0 Å². The van der Waals surface area contributed by atoms with Crippen molar-refractivity contribution in [1.29, 1.82) is 0 Å². The van der Waals surface area contributed by atoms with Crippen molar-refractivity contribution in [3.8, 4) is 17.2 Å². The third-order valence-electron chi connectivity index (χ3n) is 2.60. The van der Waals surface area contributed by atoms with Gasteiger partial charge >= 0.3 is 0 Å². The van der Waals surface area contributed by atoms with Crippen LogP contribution in [0, 0.1) is 10.1 Å². The molecule has 0 N–H and O–H groups in total. The molecule has 0 aliphatic heterocycles. The van der Waals surface area contributed by atoms with Gasteiger partial charge in [-0.2, -0.15) is 0 Å². The highest BCUT2D eigenvalue weighted by atomic mass is 16.6. The van der Waals surface area contributed by atoms with Gasteiger partial charge in [0.15, 0.2) is 6.29 Å². The summed E-state index contributed by atoms with van der Waals surface area (Å²) in [5.41, 5.74) is -0.0490. The van der Waals surface area contributed by atoms with Crippen molar-refractivity contribution in [2.24, 2.45) is 0 Å². The van der Waals surface area contributed by atoms with Gasteiger partial charge in [0.25, 0.3) is 5.69 Å². The van der Waals surface area contributed by atoms with Gasteiger partial charge in [-0.15, -0.1) is 0 Å². The molecule has 0 saturated heterocycles. The number of rotatable bonds is 5. The van der Waals surface area contributed by atoms with Crippen LogP contribution < -0.4 is 9.47 Å². The predicted molar refractivity (Wildman–Crippen MR) is 71.6 cm³/mol. The average molecular weight is 273 g/mol. The van der Waals surface area contributed by atoms with E-state index in [4.69, 9.17) is 9.47 Å². The van der Waals surface area contributed by atoms with Gasteiger partial charge in [-0.25, -0.2) is 0 Å². The van der Waals surface area contributed by atoms with E-state index < -0.39 is 4.92 Å². The van der Waals surface area contributed by atoms with Crippen molar-refractivity contribution in [2.45, 2.75) is 0 Å². The molecule has 6 heteroatoms. The highest BCUT2D eigenvalue weighted by Gasteiger charge is 2.12. The van der Waals surface area contributed by atoms with Crippen LogP contribution in [0.2, 0.25) is 0 Å². The highest BCUT2D eigenvalue weighted by Crippen LogP contribution is 2.29. The molecular weight excluding hydrogens is 262 g/mol. The Hall–Kier alpha value is -2.89. The molecule has 0 fully saturated rings. The normalized spacial score (nSPS) is 9.85. The number of nitro benzene ring substituents is 1. The Kier molecular flexibility index (Phi) is 3.95. The number of methoxy groups -OCH3 is 1. The Morgan fingerprint density at radius 1 is 1.15 bits per heavy atom. The monoisotopic (exact) mass is 273 g/mol. The molecule has 0 saturated carbocycles. The summed E-state index contributed by atoms with van der Waals surface area (Å²) in [6.07, 6.45) is 0.516. The number of non-ortho nitro benzene ring substituents is 1. The van der Waals surface area contributed by atoms with Crippen LogP contribution in [0.3, 0.4) is 0 Å². The Balaban J connectivity index is 2.32. The molecule has 0 amide bonds. The summed E-state index contributed by atoms with van der Waals surface area (Å²) in [6.45, 7) is 0. The van der Waals surface area contributed by atoms with E-state index in [-0.39, 0.29) is 17.0 Å². The number of hydrogen-bond donors (Lipinski definition) is 0. The minimum absolute atomic E-state index is 0.113. The summed E-state index contributed by atoms with van der Waals surface area (Å²) in [6, 6.07) is 10.7. The summed E-state index contributed by atoms with van der Waals surface area (Å²) < 4.78 is 10.6. The zero-order valence-corrected chi connectivity index (χ0v) is 10.6. The molecule has 20 heavy (non-hydrogen) atoms. The van der Waals surface area contributed by atoms with Gasteiger partial charge in [-0.1, -0.05) is 6.07 Å². The molecule has 0 spiro atoms. The average Bonchev–Trinajstić information content (AvgIpc) is 2.47. The number of aldehydes is 1. The van der Waals surface area contributed by atoms with Crippen LogP contribution in [-0.2, 0) is 0 Å². The molecule has 2 aromatic carbocycles. The lowest BCUT2D eigenvalue weighted by Crippen LogP contribution is -1.94. The fourth-order valence-electron chi connectivity index (χ4n) is 1.63. The van der Waals surface area contributed by atoms with E-state index >= 15 is 0 Å². The summed E-state index contributed by atoms with van der Waals surface area (Å²) in [5, 5.41) is 10.7. The zero-order valence-electron chi connectivity index (χ0n) is 10.6. The summed E-state index contributed by atoms with van der Waals surface area (Å²) in [4.78, 5) is 21.1. The molecule has 102 valence electrons. The molecule has 0 unspecified atom stereocenters. The highest BCUT2D eigenvalue weighted by molar-refractivity contribution is 5.80. The topological polar surface area (TPSA) is 78.7 Å². The van der Waals surface area contributed by atoms with Gasteiger partial charge < -0.3 is 9.47 Å². The van der Waals surface area contributed by atoms with Crippen LogP contribution in [0.1, 0.15) is 10.4 Å². The maximum Gasteiger partial charge on any atom is 0.270 e. The van der Waals surface area contributed by atoms with Crippen LogP contribution >= 0.6 is 0 Å². The first kappa shape index (κ1) is 13.5. The van der Waals surface area contributed by atoms with Crippen LogP contribution in [0.4, 0.5) is 5.69 Å². The van der Waals surface area contributed by atoms with E-state index in [9.17, 15) is 14.9 Å². The molecule has 0 aliphatic carbocycles. The first-order valence-electron chi connectivity index (χ1n) is 5.69. The molecule has 2 aromatic rings. The number of carbonyl (C=O) groups is 1. The predicted octanol–water partition coefficient (Wildman–Crippen LogP) is 3.21. The maximum atomic E-state index is 11.0. The number of carbonyl (C=O) groups excluding carboxylic acids is 1. The Labute approximate surface area is 114 Å². The van der Waals surface area contributed by atoms with Crippen LogP contribution in [-0.4, -0.2) is 18.3 Å². The van der Waals surface area contributed by atoms with E-state index in [1.165, 1.54) is 25.3 Å². The Morgan fingerprint density at radius 2 is 1.90 bits per heavy atom. The SMILES string of the molecule is COc1cccc(Oc2ccc([N+](=O)[O-])cc2C=O)c1. The number of nitro groups is 1. The van der Waals surface area contributed by atoms with Crippen molar-refractivity contribution in [2.75, 3.05) is 7.11 Å². The Morgan fingerprint density at radius 3 is 2.55 bits per heavy atom. The van der Waals surface area contributed by atoms with E-state index in [1.807, 2.05) is 0 Å². The molecule has 0 aromatic heterocycles. The quantitative estimate of drug-likeness (QED) is 0.475. The second kappa shape index (κ2) is 5.83. The molecule has 0 aliphatic rings. The molecule has 6 nitrogen and oxygen atoms in total. The Bertz CT molecular complexity index is 654. The number of benzene rings is 2. The summed E-state index contributed by atoms with van der Waals surface area (Å²) in [7, 11) is 1.53. The smallest absolute Gasteiger partial charge is 0.270 e. The van der Waals surface area contributed by atoms with Crippen molar-refractivity contribution in [3.63, 3.8) is 0 Å². The second-order valence-electron chi connectivity index (χ2n) is 3.88. The molecule has 0 radical (unpaired) electrons. The first-order valence-corrected chi connectivity index (χ1v) is 5.69. The van der Waals surface area contributed by atoms with Crippen LogP contribution in [0.5, 0.6) is 17.2 Å². The lowest BCUT2D eigenvalue weighted by Gasteiger charge is -2.09.